The molecule has 0 radical (unpaired) electrons. The van der Waals surface area contributed by atoms with Crippen molar-refractivity contribution in [2.75, 3.05) is 32.7 Å². The van der Waals surface area contributed by atoms with Gasteiger partial charge in [-0.1, -0.05) is 26.0 Å². The minimum Gasteiger partial charge on any atom is -0.299 e. The molecule has 0 saturated carbocycles. The van der Waals surface area contributed by atoms with E-state index in [1.54, 1.807) is 16.4 Å². The number of piperazine rings is 1. The van der Waals surface area contributed by atoms with E-state index in [0.29, 0.717) is 43.5 Å². The molecule has 1 saturated heterocycles. The first kappa shape index (κ1) is 18.9. The van der Waals surface area contributed by atoms with E-state index in [-0.39, 0.29) is 5.92 Å². The first-order valence-electron chi connectivity index (χ1n) is 8.60. The first-order chi connectivity index (χ1) is 11.4. The summed E-state index contributed by atoms with van der Waals surface area (Å²) in [6.45, 7) is 9.18. The minimum atomic E-state index is -3.43. The van der Waals surface area contributed by atoms with E-state index >= 15 is 0 Å². The number of rotatable bonds is 6. The Morgan fingerprint density at radius 2 is 1.71 bits per heavy atom. The van der Waals surface area contributed by atoms with Crippen LogP contribution in [0.2, 0.25) is 0 Å². The fourth-order valence-electron chi connectivity index (χ4n) is 2.93. The van der Waals surface area contributed by atoms with E-state index in [1.165, 1.54) is 5.56 Å². The van der Waals surface area contributed by atoms with E-state index < -0.39 is 10.0 Å². The summed E-state index contributed by atoms with van der Waals surface area (Å²) < 4.78 is 27.1. The lowest BCUT2D eigenvalue weighted by Gasteiger charge is -2.34. The zero-order valence-electron chi connectivity index (χ0n) is 14.8. The van der Waals surface area contributed by atoms with Gasteiger partial charge in [-0.15, -0.1) is 0 Å². The zero-order chi connectivity index (χ0) is 17.7. The third-order valence-electron chi connectivity index (χ3n) is 4.78. The van der Waals surface area contributed by atoms with Gasteiger partial charge in [-0.25, -0.2) is 8.42 Å². The van der Waals surface area contributed by atoms with Gasteiger partial charge in [0.15, 0.2) is 0 Å². The van der Waals surface area contributed by atoms with Crippen LogP contribution >= 0.6 is 0 Å². The molecule has 132 valence electrons. The largest absolute Gasteiger partial charge is 0.299 e. The van der Waals surface area contributed by atoms with Crippen molar-refractivity contribution in [3.8, 4) is 6.07 Å². The molecular formula is C18H27N3O2S. The highest BCUT2D eigenvalue weighted by molar-refractivity contribution is 7.89. The predicted molar refractivity (Wildman–Crippen MR) is 95.1 cm³/mol. The molecule has 2 atom stereocenters. The molecule has 2 rings (SSSR count). The predicted octanol–water partition coefficient (Wildman–Crippen LogP) is 2.67. The van der Waals surface area contributed by atoms with Crippen molar-refractivity contribution < 1.29 is 8.42 Å². The standard InChI is InChI=1S/C18H27N3O2S/c1-4-16(3)17-5-7-18(8-6-17)24(22,23)21-11-9-20(10-12-21)14-15(2)13-19/h5-8,15-16H,4,9-12,14H2,1-3H3/t15-,16+/m0/s1. The average Bonchev–Trinajstić information content (AvgIpc) is 2.61. The first-order valence-corrected chi connectivity index (χ1v) is 10.0. The van der Waals surface area contributed by atoms with Gasteiger partial charge in [-0.3, -0.25) is 4.90 Å². The van der Waals surface area contributed by atoms with Gasteiger partial charge in [0.05, 0.1) is 16.9 Å². The Hall–Kier alpha value is -1.42. The fraction of sp³-hybridized carbons (Fsp3) is 0.611. The van der Waals surface area contributed by atoms with Crippen molar-refractivity contribution in [2.24, 2.45) is 5.92 Å². The van der Waals surface area contributed by atoms with Gasteiger partial charge in [0.1, 0.15) is 0 Å². The monoisotopic (exact) mass is 349 g/mol. The van der Waals surface area contributed by atoms with Crippen LogP contribution in [0.1, 0.15) is 38.7 Å². The van der Waals surface area contributed by atoms with Crippen molar-refractivity contribution >= 4 is 10.0 Å². The van der Waals surface area contributed by atoms with E-state index in [9.17, 15) is 8.42 Å². The van der Waals surface area contributed by atoms with Crippen LogP contribution in [-0.4, -0.2) is 50.3 Å². The van der Waals surface area contributed by atoms with Crippen molar-refractivity contribution in [3.05, 3.63) is 29.8 Å². The second-order valence-corrected chi connectivity index (χ2v) is 8.55. The maximum Gasteiger partial charge on any atom is 0.243 e. The second kappa shape index (κ2) is 8.11. The third-order valence-corrected chi connectivity index (χ3v) is 6.70. The minimum absolute atomic E-state index is 0.0266. The number of hydrogen-bond donors (Lipinski definition) is 0. The van der Waals surface area contributed by atoms with Crippen LogP contribution < -0.4 is 0 Å². The summed E-state index contributed by atoms with van der Waals surface area (Å²) in [5.74, 6) is 0.411. The Bertz CT molecular complexity index is 671. The van der Waals surface area contributed by atoms with Crippen LogP contribution in [-0.2, 0) is 10.0 Å². The second-order valence-electron chi connectivity index (χ2n) is 6.61. The van der Waals surface area contributed by atoms with Crippen LogP contribution in [0.15, 0.2) is 29.2 Å². The lowest BCUT2D eigenvalue weighted by atomic mass is 9.99. The zero-order valence-corrected chi connectivity index (χ0v) is 15.6. The molecule has 5 nitrogen and oxygen atoms in total. The quantitative estimate of drug-likeness (QED) is 0.792. The Balaban J connectivity index is 2.03. The molecule has 1 fully saturated rings. The van der Waals surface area contributed by atoms with Gasteiger partial charge in [0, 0.05) is 32.7 Å². The normalized spacial score (nSPS) is 19.6. The van der Waals surface area contributed by atoms with Gasteiger partial charge in [0.2, 0.25) is 10.0 Å². The van der Waals surface area contributed by atoms with Gasteiger partial charge in [-0.05, 0) is 37.0 Å². The number of hydrogen-bond acceptors (Lipinski definition) is 4. The highest BCUT2D eigenvalue weighted by atomic mass is 32.2. The SMILES string of the molecule is CC[C@@H](C)c1ccc(S(=O)(=O)N2CCN(C[C@@H](C)C#N)CC2)cc1. The average molecular weight is 350 g/mol. The molecule has 24 heavy (non-hydrogen) atoms. The molecule has 0 amide bonds. The van der Waals surface area contributed by atoms with E-state index in [4.69, 9.17) is 5.26 Å². The van der Waals surface area contributed by atoms with Gasteiger partial charge >= 0.3 is 0 Å². The molecular weight excluding hydrogens is 322 g/mol. The van der Waals surface area contributed by atoms with Crippen LogP contribution in [0.4, 0.5) is 0 Å². The maximum absolute atomic E-state index is 12.8. The molecule has 1 aromatic rings. The molecule has 0 aromatic heterocycles. The third kappa shape index (κ3) is 4.35. The van der Waals surface area contributed by atoms with Gasteiger partial charge in [0.25, 0.3) is 0 Å². The summed E-state index contributed by atoms with van der Waals surface area (Å²) in [6, 6.07) is 9.52. The molecule has 0 aliphatic carbocycles. The molecule has 0 spiro atoms. The number of sulfonamides is 1. The van der Waals surface area contributed by atoms with Crippen molar-refractivity contribution in [1.82, 2.24) is 9.21 Å². The van der Waals surface area contributed by atoms with Gasteiger partial charge < -0.3 is 0 Å². The van der Waals surface area contributed by atoms with Crippen LogP contribution in [0.3, 0.4) is 0 Å². The van der Waals surface area contributed by atoms with Crippen LogP contribution in [0.25, 0.3) is 0 Å². The van der Waals surface area contributed by atoms with E-state index in [2.05, 4.69) is 24.8 Å². The smallest absolute Gasteiger partial charge is 0.243 e. The summed E-state index contributed by atoms with van der Waals surface area (Å²) in [5, 5.41) is 8.89. The molecule has 1 heterocycles. The molecule has 0 N–H and O–H groups in total. The lowest BCUT2D eigenvalue weighted by Crippen LogP contribution is -2.49. The Kier molecular flexibility index (Phi) is 6.39. The van der Waals surface area contributed by atoms with Gasteiger partial charge in [-0.2, -0.15) is 9.57 Å². The number of nitriles is 1. The summed E-state index contributed by atoms with van der Waals surface area (Å²) in [7, 11) is -3.43. The molecule has 6 heteroatoms. The summed E-state index contributed by atoms with van der Waals surface area (Å²) >= 11 is 0. The topological polar surface area (TPSA) is 64.4 Å². The Morgan fingerprint density at radius 3 is 2.21 bits per heavy atom. The molecule has 1 aliphatic rings. The molecule has 0 bridgehead atoms. The van der Waals surface area contributed by atoms with E-state index in [1.807, 2.05) is 19.1 Å². The lowest BCUT2D eigenvalue weighted by molar-refractivity contribution is 0.178. The van der Waals surface area contributed by atoms with Crippen molar-refractivity contribution in [2.45, 2.75) is 38.0 Å². The highest BCUT2D eigenvalue weighted by Gasteiger charge is 2.28. The number of benzene rings is 1. The van der Waals surface area contributed by atoms with Crippen molar-refractivity contribution in [3.63, 3.8) is 0 Å². The van der Waals surface area contributed by atoms with Crippen LogP contribution in [0, 0.1) is 17.2 Å². The maximum atomic E-state index is 12.8. The fourth-order valence-corrected chi connectivity index (χ4v) is 4.36. The molecule has 1 aliphatic heterocycles. The Labute approximate surface area is 145 Å². The van der Waals surface area contributed by atoms with E-state index in [0.717, 1.165) is 6.42 Å². The molecule has 1 aromatic carbocycles. The van der Waals surface area contributed by atoms with Crippen LogP contribution in [0.5, 0.6) is 0 Å². The summed E-state index contributed by atoms with van der Waals surface area (Å²) in [6.07, 6.45) is 1.04. The van der Waals surface area contributed by atoms with Crippen molar-refractivity contribution in [1.29, 1.82) is 5.26 Å². The molecule has 0 unspecified atom stereocenters. The summed E-state index contributed by atoms with van der Waals surface area (Å²) in [4.78, 5) is 2.53. The highest BCUT2D eigenvalue weighted by Crippen LogP contribution is 2.23. The summed E-state index contributed by atoms with van der Waals surface area (Å²) in [5.41, 5.74) is 1.17. The Morgan fingerprint density at radius 1 is 1.12 bits per heavy atom. The number of nitrogens with zero attached hydrogens (tertiary/aromatic N) is 3.